The second-order valence-corrected chi connectivity index (χ2v) is 5.41. The smallest absolute Gasteiger partial charge is 0.226 e. The first-order valence-electron chi connectivity index (χ1n) is 6.40. The van der Waals surface area contributed by atoms with Crippen molar-refractivity contribution in [1.29, 1.82) is 0 Å². The molecular weight excluding hydrogens is 334 g/mol. The highest BCUT2D eigenvalue weighted by Crippen LogP contribution is 2.23. The summed E-state index contributed by atoms with van der Waals surface area (Å²) >= 11 is 3.39. The summed E-state index contributed by atoms with van der Waals surface area (Å²) in [6, 6.07) is 7.66. The van der Waals surface area contributed by atoms with E-state index in [1.807, 2.05) is 24.3 Å². The van der Waals surface area contributed by atoms with Crippen LogP contribution in [0.5, 0.6) is 0 Å². The van der Waals surface area contributed by atoms with Crippen molar-refractivity contribution in [1.82, 2.24) is 20.0 Å². The normalized spacial score (nSPS) is 10.7. The Bertz CT molecular complexity index is 772. The zero-order valence-electron chi connectivity index (χ0n) is 11.0. The van der Waals surface area contributed by atoms with E-state index >= 15 is 0 Å². The topological polar surface area (TPSA) is 72.7 Å². The van der Waals surface area contributed by atoms with E-state index in [4.69, 9.17) is 0 Å². The van der Waals surface area contributed by atoms with Crippen molar-refractivity contribution < 1.29 is 4.79 Å². The number of nitrogens with one attached hydrogen (secondary N) is 1. The third kappa shape index (κ3) is 3.25. The zero-order valence-corrected chi connectivity index (χ0v) is 12.6. The zero-order chi connectivity index (χ0) is 14.7. The summed E-state index contributed by atoms with van der Waals surface area (Å²) in [4.78, 5) is 16.4. The van der Waals surface area contributed by atoms with Crippen molar-refractivity contribution >= 4 is 38.4 Å². The maximum absolute atomic E-state index is 12.0. The van der Waals surface area contributed by atoms with Gasteiger partial charge >= 0.3 is 0 Å². The fourth-order valence-electron chi connectivity index (χ4n) is 2.02. The summed E-state index contributed by atoms with van der Waals surface area (Å²) in [5.41, 5.74) is 1.48. The molecule has 21 heavy (non-hydrogen) atoms. The van der Waals surface area contributed by atoms with Crippen LogP contribution in [-0.4, -0.2) is 25.9 Å². The van der Waals surface area contributed by atoms with Gasteiger partial charge < -0.3 is 5.32 Å². The van der Waals surface area contributed by atoms with E-state index in [1.54, 1.807) is 23.3 Å². The highest BCUT2D eigenvalue weighted by Gasteiger charge is 2.07. The Morgan fingerprint density at radius 2 is 2.29 bits per heavy atom. The molecule has 0 unspecified atom stereocenters. The second kappa shape index (κ2) is 6.01. The van der Waals surface area contributed by atoms with Gasteiger partial charge in [0.25, 0.3) is 0 Å². The summed E-state index contributed by atoms with van der Waals surface area (Å²) in [6.45, 7) is 0.496. The van der Waals surface area contributed by atoms with E-state index in [9.17, 15) is 4.79 Å². The lowest BCUT2D eigenvalue weighted by Gasteiger charge is -2.08. The van der Waals surface area contributed by atoms with Crippen LogP contribution in [0.3, 0.4) is 0 Å². The van der Waals surface area contributed by atoms with Crippen LogP contribution in [0.4, 0.5) is 5.69 Å². The van der Waals surface area contributed by atoms with Crippen molar-refractivity contribution in [2.75, 3.05) is 5.32 Å². The number of benzene rings is 1. The van der Waals surface area contributed by atoms with Crippen LogP contribution in [0.25, 0.3) is 10.9 Å². The maximum atomic E-state index is 12.0. The van der Waals surface area contributed by atoms with Crippen molar-refractivity contribution in [3.63, 3.8) is 0 Å². The van der Waals surface area contributed by atoms with Gasteiger partial charge in [0.2, 0.25) is 5.91 Å². The number of carbonyl (C=O) groups is 1. The summed E-state index contributed by atoms with van der Waals surface area (Å²) in [5.74, 6) is -0.0808. The molecule has 1 N–H and O–H groups in total. The van der Waals surface area contributed by atoms with Gasteiger partial charge in [0.1, 0.15) is 0 Å². The third-order valence-corrected chi connectivity index (χ3v) is 3.43. The Kier molecular flexibility index (Phi) is 3.92. The number of aryl methyl sites for hydroxylation is 1. The molecule has 0 radical (unpaired) electrons. The van der Waals surface area contributed by atoms with Crippen molar-refractivity contribution in [3.05, 3.63) is 47.3 Å². The molecule has 2 aromatic heterocycles. The Morgan fingerprint density at radius 1 is 1.38 bits per heavy atom. The van der Waals surface area contributed by atoms with Crippen molar-refractivity contribution in [2.45, 2.75) is 13.0 Å². The van der Waals surface area contributed by atoms with E-state index in [-0.39, 0.29) is 5.91 Å². The molecule has 1 aromatic carbocycles. The van der Waals surface area contributed by atoms with Crippen LogP contribution in [-0.2, 0) is 11.3 Å². The fourth-order valence-corrected chi connectivity index (χ4v) is 2.36. The molecule has 0 atom stereocenters. The predicted molar refractivity (Wildman–Crippen MR) is 82.7 cm³/mol. The van der Waals surface area contributed by atoms with Gasteiger partial charge in [-0.1, -0.05) is 17.3 Å². The lowest BCUT2D eigenvalue weighted by Crippen LogP contribution is -2.15. The number of anilines is 1. The molecule has 3 aromatic rings. The highest BCUT2D eigenvalue weighted by molar-refractivity contribution is 9.10. The number of hydrogen-bond donors (Lipinski definition) is 1. The predicted octanol–water partition coefficient (Wildman–Crippen LogP) is 2.62. The van der Waals surface area contributed by atoms with Crippen molar-refractivity contribution in [3.8, 4) is 0 Å². The Hall–Kier alpha value is -2.28. The van der Waals surface area contributed by atoms with Gasteiger partial charge in [0.15, 0.2) is 0 Å². The minimum absolute atomic E-state index is 0.0808. The van der Waals surface area contributed by atoms with Gasteiger partial charge in [0.05, 0.1) is 23.9 Å². The molecule has 0 fully saturated rings. The molecular formula is C14H12BrN5O. The number of nitrogens with zero attached hydrogens (tertiary/aromatic N) is 4. The Labute approximate surface area is 129 Å². The number of amides is 1. The average Bonchev–Trinajstić information content (AvgIpc) is 2.98. The minimum Gasteiger partial charge on any atom is -0.324 e. The van der Waals surface area contributed by atoms with Gasteiger partial charge in [-0.05, 0) is 28.1 Å². The molecule has 0 saturated heterocycles. The number of rotatable bonds is 4. The van der Waals surface area contributed by atoms with E-state index in [0.717, 1.165) is 15.4 Å². The molecule has 3 rings (SSSR count). The molecule has 6 nitrogen and oxygen atoms in total. The van der Waals surface area contributed by atoms with Crippen molar-refractivity contribution in [2.24, 2.45) is 0 Å². The first-order valence-corrected chi connectivity index (χ1v) is 7.20. The first kappa shape index (κ1) is 13.7. The summed E-state index contributed by atoms with van der Waals surface area (Å²) in [6.07, 6.45) is 5.36. The van der Waals surface area contributed by atoms with E-state index in [0.29, 0.717) is 18.7 Å². The molecule has 1 amide bonds. The van der Waals surface area contributed by atoms with Gasteiger partial charge in [-0.2, -0.15) is 0 Å². The maximum Gasteiger partial charge on any atom is 0.226 e. The van der Waals surface area contributed by atoms with E-state index < -0.39 is 0 Å². The van der Waals surface area contributed by atoms with Gasteiger partial charge in [-0.25, -0.2) is 0 Å². The van der Waals surface area contributed by atoms with Crippen LogP contribution in [0.2, 0.25) is 0 Å². The Morgan fingerprint density at radius 3 is 3.10 bits per heavy atom. The number of aromatic nitrogens is 4. The summed E-state index contributed by atoms with van der Waals surface area (Å²) < 4.78 is 2.53. The number of halogens is 1. The molecule has 0 aliphatic heterocycles. The molecule has 0 saturated carbocycles. The number of pyridine rings is 1. The minimum atomic E-state index is -0.0808. The number of carbonyl (C=O) groups excluding carboxylic acids is 1. The molecule has 0 aliphatic carbocycles. The second-order valence-electron chi connectivity index (χ2n) is 4.50. The van der Waals surface area contributed by atoms with Gasteiger partial charge in [-0.3, -0.25) is 14.5 Å². The fraction of sp³-hybridized carbons (Fsp3) is 0.143. The van der Waals surface area contributed by atoms with Crippen LogP contribution in [0.1, 0.15) is 6.42 Å². The van der Waals surface area contributed by atoms with Gasteiger partial charge in [0, 0.05) is 28.7 Å². The van der Waals surface area contributed by atoms with Crippen LogP contribution in [0, 0.1) is 0 Å². The van der Waals surface area contributed by atoms with Gasteiger partial charge in [-0.15, -0.1) is 5.10 Å². The Balaban J connectivity index is 1.73. The number of para-hydroxylation sites is 1. The lowest BCUT2D eigenvalue weighted by atomic mass is 10.2. The quantitative estimate of drug-likeness (QED) is 0.788. The van der Waals surface area contributed by atoms with E-state index in [1.165, 1.54) is 0 Å². The van der Waals surface area contributed by atoms with Crippen LogP contribution < -0.4 is 5.32 Å². The number of fused-ring (bicyclic) bond motifs is 1. The number of hydrogen-bond acceptors (Lipinski definition) is 4. The average molecular weight is 346 g/mol. The molecule has 0 bridgehead atoms. The summed E-state index contributed by atoms with van der Waals surface area (Å²) in [7, 11) is 0. The SMILES string of the molecule is O=C(CCn1ccnn1)Nc1cccc2cc(Br)cnc12. The van der Waals surface area contributed by atoms with E-state index in [2.05, 4.69) is 36.5 Å². The molecule has 0 spiro atoms. The summed E-state index contributed by atoms with van der Waals surface area (Å²) in [5, 5.41) is 11.4. The van der Waals surface area contributed by atoms with Crippen LogP contribution >= 0.6 is 15.9 Å². The monoisotopic (exact) mass is 345 g/mol. The molecule has 2 heterocycles. The first-order chi connectivity index (χ1) is 10.2. The third-order valence-electron chi connectivity index (χ3n) is 2.99. The lowest BCUT2D eigenvalue weighted by molar-refractivity contribution is -0.116. The highest BCUT2D eigenvalue weighted by atomic mass is 79.9. The van der Waals surface area contributed by atoms with Crippen LogP contribution in [0.15, 0.2) is 47.3 Å². The standard InChI is InChI=1S/C14H12BrN5O/c15-11-8-10-2-1-3-12(14(10)16-9-11)18-13(21)4-6-20-7-5-17-19-20/h1-3,5,7-9H,4,6H2,(H,18,21). The molecule has 0 aliphatic rings. The molecule has 7 heteroatoms. The molecule has 106 valence electrons. The largest absolute Gasteiger partial charge is 0.324 e.